The second kappa shape index (κ2) is 12.4. The Labute approximate surface area is 221 Å². The minimum atomic E-state index is -0.809. The number of nitrogens with one attached hydrogen (secondary N) is 1. The monoisotopic (exact) mass is 559 g/mol. The highest BCUT2D eigenvalue weighted by molar-refractivity contribution is 8.00. The fraction of sp³-hybridized carbons (Fsp3) is 0.524. The van der Waals surface area contributed by atoms with Crippen LogP contribution in [-0.2, 0) is 33.5 Å². The molecule has 0 radical (unpaired) electrons. The van der Waals surface area contributed by atoms with Gasteiger partial charge in [-0.15, -0.1) is 35.5 Å². The number of thioether (sulfide) groups is 1. The lowest BCUT2D eigenvalue weighted by molar-refractivity contribution is -0.168. The maximum absolute atomic E-state index is 12.7. The van der Waals surface area contributed by atoms with Gasteiger partial charge in [-0.1, -0.05) is 24.4 Å². The molecule has 2 aliphatic heterocycles. The highest BCUT2D eigenvalue weighted by Gasteiger charge is 2.50. The van der Waals surface area contributed by atoms with E-state index in [1.165, 1.54) is 30.0 Å². The van der Waals surface area contributed by atoms with Crippen LogP contribution in [0.1, 0.15) is 37.8 Å². The Hall–Kier alpha value is -2.84. The van der Waals surface area contributed by atoms with Gasteiger partial charge in [-0.3, -0.25) is 14.4 Å². The number of nitrogen functional groups attached to an aromatic ring is 1. The molecule has 1 aromatic rings. The Morgan fingerprint density at radius 2 is 2.00 bits per heavy atom. The van der Waals surface area contributed by atoms with Crippen LogP contribution in [0.25, 0.3) is 0 Å². The second-order valence-electron chi connectivity index (χ2n) is 8.09. The lowest BCUT2D eigenvalue weighted by Crippen LogP contribution is -2.69. The van der Waals surface area contributed by atoms with Gasteiger partial charge in [-0.05, 0) is 12.8 Å². The standard InChI is InChI=1S/C21H25N5O7S2.ClH/c1-31-25-14(13-9-35-21(22)23-13)16(27)24-15-17(28)26-7-12(8-34-18(15)26)20(30)33-10-32-19(29)11-5-3-2-4-6-11;/h7,9,11,15,18H,2-6,8,10H2,1H3,(H2,22,23)(H,24,27);1H/t15?,18-;/m1./s1. The molecule has 2 atom stereocenters. The molecule has 1 saturated heterocycles. The number of amides is 2. The lowest BCUT2D eigenvalue weighted by Gasteiger charge is -2.47. The summed E-state index contributed by atoms with van der Waals surface area (Å²) in [5.41, 5.74) is 6.02. The van der Waals surface area contributed by atoms with Gasteiger partial charge in [0.15, 0.2) is 10.8 Å². The normalized spacial score (nSPS) is 21.8. The van der Waals surface area contributed by atoms with Crippen molar-refractivity contribution in [3.8, 4) is 0 Å². The molecule has 3 heterocycles. The van der Waals surface area contributed by atoms with Crippen LogP contribution >= 0.6 is 35.5 Å². The van der Waals surface area contributed by atoms with E-state index in [0.717, 1.165) is 43.4 Å². The molecule has 2 amide bonds. The number of anilines is 1. The van der Waals surface area contributed by atoms with Gasteiger partial charge in [0.1, 0.15) is 24.2 Å². The molecule has 1 saturated carbocycles. The molecule has 0 aromatic carbocycles. The van der Waals surface area contributed by atoms with Gasteiger partial charge in [0.05, 0.1) is 11.5 Å². The minimum Gasteiger partial charge on any atom is -0.428 e. The SMILES string of the molecule is CON=C(C(=O)NC1C(=O)N2C=C(C(=O)OCOC(=O)C3CCCCC3)CS[C@H]12)c1csc(N)n1.Cl. The maximum Gasteiger partial charge on any atom is 0.339 e. The Kier molecular flexibility index (Phi) is 9.56. The molecule has 3 N–H and O–H groups in total. The Balaban J connectivity index is 0.00000361. The highest BCUT2D eigenvalue weighted by atomic mass is 35.5. The summed E-state index contributed by atoms with van der Waals surface area (Å²) in [5, 5.41) is 7.78. The van der Waals surface area contributed by atoms with Crippen LogP contribution in [0, 0.1) is 5.92 Å². The third-order valence-electron chi connectivity index (χ3n) is 5.83. The zero-order valence-electron chi connectivity index (χ0n) is 19.3. The predicted molar refractivity (Wildman–Crippen MR) is 134 cm³/mol. The van der Waals surface area contributed by atoms with Crippen molar-refractivity contribution in [2.24, 2.45) is 11.1 Å². The molecule has 36 heavy (non-hydrogen) atoms. The van der Waals surface area contributed by atoms with Gasteiger partial charge in [0, 0.05) is 17.3 Å². The number of ether oxygens (including phenoxy) is 2. The van der Waals surface area contributed by atoms with Crippen molar-refractivity contribution in [1.29, 1.82) is 0 Å². The van der Waals surface area contributed by atoms with Gasteiger partial charge in [-0.2, -0.15) is 0 Å². The first-order chi connectivity index (χ1) is 16.9. The Morgan fingerprint density at radius 3 is 2.67 bits per heavy atom. The molecule has 12 nitrogen and oxygen atoms in total. The fourth-order valence-electron chi connectivity index (χ4n) is 4.02. The third-order valence-corrected chi connectivity index (χ3v) is 7.82. The van der Waals surface area contributed by atoms with Gasteiger partial charge in [0.25, 0.3) is 11.8 Å². The third kappa shape index (κ3) is 6.10. The van der Waals surface area contributed by atoms with Crippen LogP contribution in [-0.4, -0.2) is 70.4 Å². The van der Waals surface area contributed by atoms with E-state index in [2.05, 4.69) is 15.5 Å². The average Bonchev–Trinajstić information content (AvgIpc) is 3.31. The first kappa shape index (κ1) is 27.7. The minimum absolute atomic E-state index is 0. The molecule has 1 unspecified atom stereocenters. The van der Waals surface area contributed by atoms with Crippen molar-refractivity contribution in [3.63, 3.8) is 0 Å². The van der Waals surface area contributed by atoms with Crippen LogP contribution < -0.4 is 11.1 Å². The summed E-state index contributed by atoms with van der Waals surface area (Å²) < 4.78 is 10.2. The summed E-state index contributed by atoms with van der Waals surface area (Å²) in [5.74, 6) is -1.91. The number of nitrogens with two attached hydrogens (primary N) is 1. The maximum atomic E-state index is 12.7. The highest BCUT2D eigenvalue weighted by Crippen LogP contribution is 2.36. The van der Waals surface area contributed by atoms with Crippen molar-refractivity contribution >= 4 is 70.1 Å². The van der Waals surface area contributed by atoms with Gasteiger partial charge in [0.2, 0.25) is 6.79 Å². The molecule has 3 aliphatic rings. The number of β-lactam (4-membered cyclic amide) rings is 1. The number of rotatable bonds is 8. The van der Waals surface area contributed by atoms with Crippen molar-refractivity contribution < 1.29 is 33.5 Å². The molecule has 0 bridgehead atoms. The molecule has 196 valence electrons. The average molecular weight is 560 g/mol. The van der Waals surface area contributed by atoms with Crippen LogP contribution in [0.5, 0.6) is 0 Å². The van der Waals surface area contributed by atoms with Gasteiger partial charge >= 0.3 is 11.9 Å². The van der Waals surface area contributed by atoms with E-state index in [0.29, 0.717) is 0 Å². The number of nitrogens with zero attached hydrogens (tertiary/aromatic N) is 3. The smallest absolute Gasteiger partial charge is 0.339 e. The van der Waals surface area contributed by atoms with Crippen LogP contribution in [0.3, 0.4) is 0 Å². The Morgan fingerprint density at radius 1 is 1.25 bits per heavy atom. The number of aromatic nitrogens is 1. The zero-order chi connectivity index (χ0) is 24.9. The topological polar surface area (TPSA) is 163 Å². The van der Waals surface area contributed by atoms with Gasteiger partial charge < -0.3 is 30.3 Å². The summed E-state index contributed by atoms with van der Waals surface area (Å²) in [6.45, 7) is -0.463. The first-order valence-electron chi connectivity index (χ1n) is 11.0. The fourth-order valence-corrected chi connectivity index (χ4v) is 5.81. The quantitative estimate of drug-likeness (QED) is 0.156. The zero-order valence-corrected chi connectivity index (χ0v) is 21.8. The summed E-state index contributed by atoms with van der Waals surface area (Å²) in [4.78, 5) is 59.9. The molecule has 1 aromatic heterocycles. The van der Waals surface area contributed by atoms with Gasteiger partial charge in [-0.25, -0.2) is 9.78 Å². The van der Waals surface area contributed by atoms with E-state index in [-0.39, 0.29) is 58.1 Å². The molecular formula is C21H26ClN5O7S2. The van der Waals surface area contributed by atoms with Crippen molar-refractivity contribution in [2.45, 2.75) is 43.5 Å². The number of carbonyl (C=O) groups is 4. The summed E-state index contributed by atoms with van der Waals surface area (Å²) in [6.07, 6.45) is 6.10. The largest absolute Gasteiger partial charge is 0.428 e. The number of hydrogen-bond donors (Lipinski definition) is 2. The van der Waals surface area contributed by atoms with E-state index >= 15 is 0 Å². The van der Waals surface area contributed by atoms with Crippen molar-refractivity contribution in [3.05, 3.63) is 22.8 Å². The molecule has 2 fully saturated rings. The van der Waals surface area contributed by atoms with Crippen LogP contribution in [0.2, 0.25) is 0 Å². The number of hydrogen-bond acceptors (Lipinski definition) is 12. The van der Waals surface area contributed by atoms with Crippen molar-refractivity contribution in [1.82, 2.24) is 15.2 Å². The number of esters is 2. The summed E-state index contributed by atoms with van der Waals surface area (Å²) in [6, 6.07) is -0.809. The number of fused-ring (bicyclic) bond motifs is 1. The molecule has 4 rings (SSSR count). The van der Waals surface area contributed by atoms with Crippen LogP contribution in [0.4, 0.5) is 5.13 Å². The van der Waals surface area contributed by atoms with E-state index in [4.69, 9.17) is 20.0 Å². The molecule has 1 aliphatic carbocycles. The number of thiazole rings is 1. The Bertz CT molecular complexity index is 1070. The number of halogens is 1. The summed E-state index contributed by atoms with van der Waals surface area (Å²) in [7, 11) is 1.29. The second-order valence-corrected chi connectivity index (χ2v) is 10.1. The van der Waals surface area contributed by atoms with E-state index in [9.17, 15) is 19.2 Å². The van der Waals surface area contributed by atoms with Crippen molar-refractivity contribution in [2.75, 3.05) is 25.4 Å². The molecule has 0 spiro atoms. The lowest BCUT2D eigenvalue weighted by atomic mass is 9.89. The van der Waals surface area contributed by atoms with E-state index in [1.807, 2.05) is 0 Å². The number of oxime groups is 1. The van der Waals surface area contributed by atoms with E-state index in [1.54, 1.807) is 5.38 Å². The molecular weight excluding hydrogens is 534 g/mol. The molecule has 15 heteroatoms. The number of carbonyl (C=O) groups excluding carboxylic acids is 4. The first-order valence-corrected chi connectivity index (χ1v) is 12.9. The van der Waals surface area contributed by atoms with E-state index < -0.39 is 30.1 Å². The predicted octanol–water partition coefficient (Wildman–Crippen LogP) is 1.41. The van der Waals surface area contributed by atoms with Crippen LogP contribution in [0.15, 0.2) is 22.3 Å². The summed E-state index contributed by atoms with van der Waals surface area (Å²) >= 11 is 2.44.